The first kappa shape index (κ1) is 12.2. The van der Waals surface area contributed by atoms with Crippen LogP contribution in [0.2, 0.25) is 0 Å². The molecule has 1 nitrogen and oxygen atoms in total. The molecule has 15 heavy (non-hydrogen) atoms. The van der Waals surface area contributed by atoms with Crippen molar-refractivity contribution >= 4 is 21.0 Å². The average molecular weight is 220 g/mol. The zero-order valence-corrected chi connectivity index (χ0v) is 11.3. The first-order chi connectivity index (χ1) is 7.07. The Morgan fingerprint density at radius 3 is 2.80 bits per heavy atom. The molecule has 0 aliphatic carbocycles. The Morgan fingerprint density at radius 2 is 2.20 bits per heavy atom. The van der Waals surface area contributed by atoms with Crippen LogP contribution >= 0.6 is 0 Å². The van der Waals surface area contributed by atoms with Crippen LogP contribution in [0.25, 0.3) is 6.08 Å². The molecule has 0 aliphatic heterocycles. The number of hydrogen-bond acceptors (Lipinski definition) is 1. The number of benzene rings is 1. The third kappa shape index (κ3) is 4.02. The predicted molar refractivity (Wildman–Crippen MR) is 70.2 cm³/mol. The van der Waals surface area contributed by atoms with E-state index in [0.29, 0.717) is 0 Å². The lowest BCUT2D eigenvalue weighted by Crippen LogP contribution is -2.30. The van der Waals surface area contributed by atoms with E-state index in [0.717, 1.165) is 6.42 Å². The molecule has 82 valence electrons. The Hall–Kier alpha value is -0.863. The molecule has 0 atom stereocenters. The van der Waals surface area contributed by atoms with Gasteiger partial charge in [0.15, 0.2) is 9.76 Å². The van der Waals surface area contributed by atoms with Crippen LogP contribution in [0.4, 0.5) is 0 Å². The maximum Gasteiger partial charge on any atom is 0.193 e. The molecule has 0 saturated carbocycles. The Kier molecular flexibility index (Phi) is 4.30. The Bertz CT molecular complexity index is 331. The van der Waals surface area contributed by atoms with Crippen molar-refractivity contribution in [3.8, 4) is 0 Å². The van der Waals surface area contributed by atoms with E-state index >= 15 is 0 Å². The first-order valence-corrected chi connectivity index (χ1v) is 6.71. The molecule has 0 saturated heterocycles. The average Bonchev–Trinajstić information content (AvgIpc) is 2.27. The summed E-state index contributed by atoms with van der Waals surface area (Å²) in [6.07, 6.45) is 2.93. The van der Waals surface area contributed by atoms with Gasteiger partial charge in [0.2, 0.25) is 0 Å². The fraction of sp³-hybridized carbons (Fsp3) is 0.385. The summed E-state index contributed by atoms with van der Waals surface area (Å²) in [5.41, 5.74) is 1.20. The maximum absolute atomic E-state index is 5.97. The van der Waals surface area contributed by atoms with Crippen molar-refractivity contribution < 1.29 is 4.43 Å². The second-order valence-electron chi connectivity index (χ2n) is 4.35. The highest BCUT2D eigenvalue weighted by Gasteiger charge is 2.14. The summed E-state index contributed by atoms with van der Waals surface area (Å²) in [4.78, 5) is 0. The summed E-state index contributed by atoms with van der Waals surface area (Å²) in [5.74, 6) is 0. The SMILES string of the molecule is C=Cc1cccc([SiH2]OC(C)(C)CC)c1. The molecule has 0 radical (unpaired) electrons. The minimum atomic E-state index is -0.605. The summed E-state index contributed by atoms with van der Waals surface area (Å²) < 4.78 is 5.97. The van der Waals surface area contributed by atoms with Gasteiger partial charge in [-0.3, -0.25) is 0 Å². The van der Waals surface area contributed by atoms with E-state index in [4.69, 9.17) is 4.43 Å². The standard InChI is InChI=1S/C13H20OSi/c1-5-11-8-7-9-12(10-11)15-14-13(3,4)6-2/h5,7-10H,1,6,15H2,2-4H3. The lowest BCUT2D eigenvalue weighted by molar-refractivity contribution is 0.114. The molecule has 0 fully saturated rings. The normalized spacial score (nSPS) is 12.2. The van der Waals surface area contributed by atoms with Gasteiger partial charge in [0, 0.05) is 0 Å². The zero-order valence-electron chi connectivity index (χ0n) is 9.92. The van der Waals surface area contributed by atoms with Crippen molar-refractivity contribution in [3.63, 3.8) is 0 Å². The van der Waals surface area contributed by atoms with E-state index in [1.807, 2.05) is 6.08 Å². The van der Waals surface area contributed by atoms with Gasteiger partial charge in [-0.15, -0.1) is 0 Å². The molecule has 0 bridgehead atoms. The fourth-order valence-corrected chi connectivity index (χ4v) is 2.50. The molecule has 1 aromatic carbocycles. The minimum absolute atomic E-state index is 0.0242. The van der Waals surface area contributed by atoms with Crippen LogP contribution in [0, 0.1) is 0 Å². The van der Waals surface area contributed by atoms with Crippen molar-refractivity contribution in [2.45, 2.75) is 32.8 Å². The quantitative estimate of drug-likeness (QED) is 0.692. The van der Waals surface area contributed by atoms with Gasteiger partial charge < -0.3 is 4.43 Å². The molecule has 0 N–H and O–H groups in total. The Balaban J connectivity index is 2.61. The van der Waals surface area contributed by atoms with Gasteiger partial charge in [-0.05, 0) is 31.0 Å². The van der Waals surface area contributed by atoms with Crippen LogP contribution in [0.5, 0.6) is 0 Å². The Labute approximate surface area is 95.1 Å². The summed E-state index contributed by atoms with van der Waals surface area (Å²) >= 11 is 0. The predicted octanol–water partition coefficient (Wildman–Crippen LogP) is 2.24. The molecular formula is C13H20OSi. The highest BCUT2D eigenvalue weighted by molar-refractivity contribution is 6.47. The largest absolute Gasteiger partial charge is 0.414 e. The third-order valence-electron chi connectivity index (χ3n) is 2.67. The molecule has 1 rings (SSSR count). The van der Waals surface area contributed by atoms with Crippen LogP contribution in [0.15, 0.2) is 30.8 Å². The van der Waals surface area contributed by atoms with Crippen molar-refractivity contribution in [1.29, 1.82) is 0 Å². The lowest BCUT2D eigenvalue weighted by atomic mass is 10.1. The molecule has 2 heteroatoms. The number of hydrogen-bond donors (Lipinski definition) is 0. The topological polar surface area (TPSA) is 9.23 Å². The minimum Gasteiger partial charge on any atom is -0.414 e. The molecule has 0 aromatic heterocycles. The van der Waals surface area contributed by atoms with Gasteiger partial charge in [0.25, 0.3) is 0 Å². The fourth-order valence-electron chi connectivity index (χ4n) is 1.19. The highest BCUT2D eigenvalue weighted by atomic mass is 28.2. The van der Waals surface area contributed by atoms with Gasteiger partial charge in [-0.25, -0.2) is 0 Å². The third-order valence-corrected chi connectivity index (χ3v) is 4.37. The Morgan fingerprint density at radius 1 is 1.47 bits per heavy atom. The molecule has 1 aromatic rings. The zero-order chi connectivity index (χ0) is 11.3. The van der Waals surface area contributed by atoms with Gasteiger partial charge >= 0.3 is 0 Å². The van der Waals surface area contributed by atoms with Gasteiger partial charge in [0.05, 0.1) is 5.60 Å². The second-order valence-corrected chi connectivity index (χ2v) is 5.74. The maximum atomic E-state index is 5.97. The summed E-state index contributed by atoms with van der Waals surface area (Å²) in [6.45, 7) is 10.2. The van der Waals surface area contributed by atoms with E-state index in [2.05, 4.69) is 51.6 Å². The van der Waals surface area contributed by atoms with Gasteiger partial charge in [-0.2, -0.15) is 0 Å². The summed E-state index contributed by atoms with van der Waals surface area (Å²) in [6, 6.07) is 8.45. The smallest absolute Gasteiger partial charge is 0.193 e. The van der Waals surface area contributed by atoms with E-state index in [-0.39, 0.29) is 5.60 Å². The van der Waals surface area contributed by atoms with E-state index in [1.165, 1.54) is 10.8 Å². The van der Waals surface area contributed by atoms with Crippen LogP contribution in [0.3, 0.4) is 0 Å². The molecule has 0 aliphatic rings. The van der Waals surface area contributed by atoms with E-state index < -0.39 is 9.76 Å². The molecule has 0 spiro atoms. The second kappa shape index (κ2) is 5.28. The van der Waals surface area contributed by atoms with E-state index in [9.17, 15) is 0 Å². The summed E-state index contributed by atoms with van der Waals surface area (Å²) in [7, 11) is -0.605. The molecular weight excluding hydrogens is 200 g/mol. The van der Waals surface area contributed by atoms with Crippen molar-refractivity contribution in [3.05, 3.63) is 36.4 Å². The van der Waals surface area contributed by atoms with Gasteiger partial charge in [0.1, 0.15) is 0 Å². The molecule has 0 heterocycles. The lowest BCUT2D eigenvalue weighted by Gasteiger charge is -2.24. The van der Waals surface area contributed by atoms with Gasteiger partial charge in [-0.1, -0.05) is 43.8 Å². The highest BCUT2D eigenvalue weighted by Crippen LogP contribution is 2.12. The van der Waals surface area contributed by atoms with Crippen LogP contribution in [-0.2, 0) is 4.43 Å². The van der Waals surface area contributed by atoms with Crippen LogP contribution in [-0.4, -0.2) is 15.4 Å². The van der Waals surface area contributed by atoms with Crippen LogP contribution < -0.4 is 5.19 Å². The monoisotopic (exact) mass is 220 g/mol. The van der Waals surface area contributed by atoms with Crippen molar-refractivity contribution in [2.75, 3.05) is 0 Å². The number of rotatable bonds is 5. The molecule has 0 unspecified atom stereocenters. The molecule has 0 amide bonds. The van der Waals surface area contributed by atoms with Crippen molar-refractivity contribution in [2.24, 2.45) is 0 Å². The summed E-state index contributed by atoms with van der Waals surface area (Å²) in [5, 5.41) is 1.34. The van der Waals surface area contributed by atoms with Crippen molar-refractivity contribution in [1.82, 2.24) is 0 Å². The van der Waals surface area contributed by atoms with E-state index in [1.54, 1.807) is 0 Å². The van der Waals surface area contributed by atoms with Crippen LogP contribution in [0.1, 0.15) is 32.8 Å². The first-order valence-electron chi connectivity index (χ1n) is 5.43.